The summed E-state index contributed by atoms with van der Waals surface area (Å²) in [6.45, 7) is 2.09. The summed E-state index contributed by atoms with van der Waals surface area (Å²) < 4.78 is 0. The van der Waals surface area contributed by atoms with Gasteiger partial charge in [0.15, 0.2) is 0 Å². The van der Waals surface area contributed by atoms with Crippen LogP contribution in [0, 0.1) is 12.8 Å². The van der Waals surface area contributed by atoms with Crippen molar-refractivity contribution in [3.8, 4) is 0 Å². The molecule has 1 fully saturated rings. The van der Waals surface area contributed by atoms with Gasteiger partial charge in [0, 0.05) is 17.3 Å². The molecule has 3 rings (SSSR count). The van der Waals surface area contributed by atoms with E-state index >= 15 is 0 Å². The van der Waals surface area contributed by atoms with Gasteiger partial charge in [-0.1, -0.05) is 18.9 Å². The first kappa shape index (κ1) is 12.7. The highest BCUT2D eigenvalue weighted by Gasteiger charge is 2.27. The SMILES string of the molecule is Cc1cncc(NC(c2cccs2)C2CCCC2)c1. The molecule has 2 heterocycles. The van der Waals surface area contributed by atoms with E-state index in [9.17, 15) is 0 Å². The molecule has 1 aliphatic rings. The first-order valence-corrected chi connectivity index (χ1v) is 7.92. The minimum absolute atomic E-state index is 0.450. The van der Waals surface area contributed by atoms with Crippen molar-refractivity contribution in [1.82, 2.24) is 4.98 Å². The molecule has 1 aliphatic carbocycles. The highest BCUT2D eigenvalue weighted by molar-refractivity contribution is 7.10. The molecule has 1 unspecified atom stereocenters. The maximum atomic E-state index is 4.29. The summed E-state index contributed by atoms with van der Waals surface area (Å²) in [5.41, 5.74) is 2.35. The Hall–Kier alpha value is -1.35. The number of nitrogens with one attached hydrogen (secondary N) is 1. The van der Waals surface area contributed by atoms with Crippen LogP contribution in [0.15, 0.2) is 36.0 Å². The van der Waals surface area contributed by atoms with Gasteiger partial charge < -0.3 is 5.32 Å². The van der Waals surface area contributed by atoms with Gasteiger partial charge in [-0.25, -0.2) is 0 Å². The molecule has 2 nitrogen and oxygen atoms in total. The maximum absolute atomic E-state index is 4.29. The van der Waals surface area contributed by atoms with Gasteiger partial charge in [-0.3, -0.25) is 4.98 Å². The van der Waals surface area contributed by atoms with Crippen molar-refractivity contribution in [3.63, 3.8) is 0 Å². The average Bonchev–Trinajstić information content (AvgIpc) is 3.10. The second-order valence-electron chi connectivity index (χ2n) is 5.43. The topological polar surface area (TPSA) is 24.9 Å². The van der Waals surface area contributed by atoms with E-state index in [1.54, 1.807) is 0 Å². The van der Waals surface area contributed by atoms with Crippen LogP contribution in [-0.4, -0.2) is 4.98 Å². The summed E-state index contributed by atoms with van der Waals surface area (Å²) in [5, 5.41) is 5.89. The van der Waals surface area contributed by atoms with E-state index < -0.39 is 0 Å². The molecule has 2 aromatic rings. The van der Waals surface area contributed by atoms with Crippen LogP contribution in [0.25, 0.3) is 0 Å². The number of anilines is 1. The van der Waals surface area contributed by atoms with Gasteiger partial charge in [0.05, 0.1) is 11.7 Å². The van der Waals surface area contributed by atoms with Crippen LogP contribution in [0.5, 0.6) is 0 Å². The number of pyridine rings is 1. The summed E-state index contributed by atoms with van der Waals surface area (Å²) in [5.74, 6) is 0.763. The van der Waals surface area contributed by atoms with Crippen molar-refractivity contribution in [2.24, 2.45) is 5.92 Å². The summed E-state index contributed by atoms with van der Waals surface area (Å²) in [7, 11) is 0. The van der Waals surface area contributed by atoms with Crippen molar-refractivity contribution < 1.29 is 0 Å². The second kappa shape index (κ2) is 5.74. The molecule has 1 N–H and O–H groups in total. The third-order valence-corrected chi connectivity index (χ3v) is 4.87. The Morgan fingerprint density at radius 3 is 2.84 bits per heavy atom. The molecule has 0 amide bonds. The van der Waals surface area contributed by atoms with Crippen molar-refractivity contribution in [2.45, 2.75) is 38.6 Å². The zero-order valence-electron chi connectivity index (χ0n) is 11.3. The fraction of sp³-hybridized carbons (Fsp3) is 0.438. The van der Waals surface area contributed by atoms with Crippen LogP contribution in [0.2, 0.25) is 0 Å². The lowest BCUT2D eigenvalue weighted by Gasteiger charge is -2.24. The van der Waals surface area contributed by atoms with E-state index in [0.717, 1.165) is 11.6 Å². The molecule has 19 heavy (non-hydrogen) atoms. The van der Waals surface area contributed by atoms with Gasteiger partial charge >= 0.3 is 0 Å². The van der Waals surface area contributed by atoms with Crippen LogP contribution >= 0.6 is 11.3 Å². The first-order valence-electron chi connectivity index (χ1n) is 7.04. The Balaban J connectivity index is 1.83. The number of aromatic nitrogens is 1. The number of hydrogen-bond acceptors (Lipinski definition) is 3. The monoisotopic (exact) mass is 272 g/mol. The lowest BCUT2D eigenvalue weighted by molar-refractivity contribution is 0.475. The van der Waals surface area contributed by atoms with E-state index in [1.165, 1.54) is 36.1 Å². The van der Waals surface area contributed by atoms with E-state index in [2.05, 4.69) is 40.8 Å². The normalized spacial score (nSPS) is 17.5. The predicted octanol–water partition coefficient (Wildman–Crippen LogP) is 4.79. The molecule has 3 heteroatoms. The molecule has 0 radical (unpaired) electrons. The smallest absolute Gasteiger partial charge is 0.0635 e. The molecule has 0 saturated heterocycles. The number of aryl methyl sites for hydroxylation is 1. The zero-order valence-corrected chi connectivity index (χ0v) is 12.1. The third-order valence-electron chi connectivity index (χ3n) is 3.92. The molecule has 2 aromatic heterocycles. The van der Waals surface area contributed by atoms with Crippen LogP contribution in [0.3, 0.4) is 0 Å². The molecular formula is C16H20N2S. The van der Waals surface area contributed by atoms with E-state index in [0.29, 0.717) is 6.04 Å². The molecule has 0 aromatic carbocycles. The van der Waals surface area contributed by atoms with Crippen molar-refractivity contribution in [3.05, 3.63) is 46.4 Å². The molecule has 100 valence electrons. The second-order valence-corrected chi connectivity index (χ2v) is 6.41. The minimum Gasteiger partial charge on any atom is -0.376 e. The molecule has 0 bridgehead atoms. The van der Waals surface area contributed by atoms with Gasteiger partial charge in [0.1, 0.15) is 0 Å². The minimum atomic E-state index is 0.450. The molecule has 0 aliphatic heterocycles. The quantitative estimate of drug-likeness (QED) is 0.865. The Morgan fingerprint density at radius 2 is 2.16 bits per heavy atom. The predicted molar refractivity (Wildman–Crippen MR) is 81.6 cm³/mol. The zero-order chi connectivity index (χ0) is 13.1. The molecule has 0 spiro atoms. The Labute approximate surface area is 118 Å². The van der Waals surface area contributed by atoms with Crippen LogP contribution in [0.1, 0.15) is 42.2 Å². The van der Waals surface area contributed by atoms with Gasteiger partial charge in [-0.15, -0.1) is 11.3 Å². The van der Waals surface area contributed by atoms with Gasteiger partial charge in [-0.2, -0.15) is 0 Å². The summed E-state index contributed by atoms with van der Waals surface area (Å²) >= 11 is 1.86. The number of rotatable bonds is 4. The van der Waals surface area contributed by atoms with E-state index in [4.69, 9.17) is 0 Å². The summed E-state index contributed by atoms with van der Waals surface area (Å²) in [6, 6.07) is 7.04. The van der Waals surface area contributed by atoms with Gasteiger partial charge in [0.2, 0.25) is 0 Å². The molecule has 1 saturated carbocycles. The van der Waals surface area contributed by atoms with Crippen LogP contribution in [-0.2, 0) is 0 Å². The number of thiophene rings is 1. The fourth-order valence-electron chi connectivity index (χ4n) is 2.99. The maximum Gasteiger partial charge on any atom is 0.0635 e. The van der Waals surface area contributed by atoms with Crippen LogP contribution in [0.4, 0.5) is 5.69 Å². The van der Waals surface area contributed by atoms with E-state index in [1.807, 2.05) is 23.7 Å². The fourth-order valence-corrected chi connectivity index (χ4v) is 3.86. The summed E-state index contributed by atoms with van der Waals surface area (Å²) in [6.07, 6.45) is 9.27. The number of hydrogen-bond donors (Lipinski definition) is 1. The van der Waals surface area contributed by atoms with Gasteiger partial charge in [0.25, 0.3) is 0 Å². The first-order chi connectivity index (χ1) is 9.33. The highest BCUT2D eigenvalue weighted by atomic mass is 32.1. The molecule has 1 atom stereocenters. The Bertz CT molecular complexity index is 515. The lowest BCUT2D eigenvalue weighted by atomic mass is 9.96. The van der Waals surface area contributed by atoms with Crippen molar-refractivity contribution >= 4 is 17.0 Å². The van der Waals surface area contributed by atoms with Crippen molar-refractivity contribution in [2.75, 3.05) is 5.32 Å². The van der Waals surface area contributed by atoms with E-state index in [-0.39, 0.29) is 0 Å². The third kappa shape index (κ3) is 2.98. The molecular weight excluding hydrogens is 252 g/mol. The Kier molecular flexibility index (Phi) is 3.83. The number of nitrogens with zero attached hydrogens (tertiary/aromatic N) is 1. The summed E-state index contributed by atoms with van der Waals surface area (Å²) in [4.78, 5) is 5.74. The van der Waals surface area contributed by atoms with Crippen LogP contribution < -0.4 is 5.32 Å². The standard InChI is InChI=1S/C16H20N2S/c1-12-9-14(11-17-10-12)18-16(13-5-2-3-6-13)15-7-4-8-19-15/h4,7-11,13,16,18H,2-3,5-6H2,1H3. The lowest BCUT2D eigenvalue weighted by Crippen LogP contribution is -2.18. The Morgan fingerprint density at radius 1 is 1.32 bits per heavy atom. The van der Waals surface area contributed by atoms with Crippen molar-refractivity contribution in [1.29, 1.82) is 0 Å². The largest absolute Gasteiger partial charge is 0.376 e. The van der Waals surface area contributed by atoms with Gasteiger partial charge in [-0.05, 0) is 48.8 Å². The highest BCUT2D eigenvalue weighted by Crippen LogP contribution is 2.39. The average molecular weight is 272 g/mol.